The van der Waals surface area contributed by atoms with Crippen LogP contribution < -0.4 is 10.2 Å². The van der Waals surface area contributed by atoms with E-state index in [4.69, 9.17) is 16.6 Å². The second-order valence-corrected chi connectivity index (χ2v) is 12.1. The van der Waals surface area contributed by atoms with E-state index in [-0.39, 0.29) is 12.1 Å². The van der Waals surface area contributed by atoms with Crippen LogP contribution in [0.3, 0.4) is 0 Å². The lowest BCUT2D eigenvalue weighted by molar-refractivity contribution is 0.143. The van der Waals surface area contributed by atoms with Gasteiger partial charge in [-0.15, -0.1) is 0 Å². The molecule has 0 bridgehead atoms. The van der Waals surface area contributed by atoms with Crippen molar-refractivity contribution < 1.29 is 9.32 Å². The fourth-order valence-corrected chi connectivity index (χ4v) is 7.73. The van der Waals surface area contributed by atoms with Crippen LogP contribution in [-0.4, -0.2) is 45.3 Å². The van der Waals surface area contributed by atoms with Crippen molar-refractivity contribution in [2.24, 2.45) is 11.8 Å². The number of aromatic nitrogens is 1. The SMILES string of the molecule is O=[S@@]1CCc2cc(N3CC4CC(c5ccc(Cl)cc5)CC4C3)nc(NC3(CO)CCC3)c21. The highest BCUT2D eigenvalue weighted by Gasteiger charge is 2.43. The van der Waals surface area contributed by atoms with Crippen molar-refractivity contribution in [3.63, 3.8) is 0 Å². The first kappa shape index (κ1) is 20.9. The van der Waals surface area contributed by atoms with Gasteiger partial charge in [-0.3, -0.25) is 4.21 Å². The van der Waals surface area contributed by atoms with Gasteiger partial charge >= 0.3 is 0 Å². The van der Waals surface area contributed by atoms with Gasteiger partial charge in [0.15, 0.2) is 0 Å². The molecule has 2 unspecified atom stereocenters. The molecule has 2 aliphatic carbocycles. The largest absolute Gasteiger partial charge is 0.394 e. The number of aliphatic hydroxyl groups is 1. The first-order valence-corrected chi connectivity index (χ1v) is 13.5. The Morgan fingerprint density at radius 1 is 1.19 bits per heavy atom. The maximum atomic E-state index is 12.7. The molecule has 2 saturated carbocycles. The van der Waals surface area contributed by atoms with E-state index in [2.05, 4.69) is 28.4 Å². The molecule has 3 heterocycles. The van der Waals surface area contributed by atoms with E-state index < -0.39 is 10.8 Å². The number of fused-ring (bicyclic) bond motifs is 2. The molecule has 7 heteroatoms. The van der Waals surface area contributed by atoms with Crippen molar-refractivity contribution in [2.75, 3.05) is 35.7 Å². The summed E-state index contributed by atoms with van der Waals surface area (Å²) in [5.74, 6) is 4.43. The van der Waals surface area contributed by atoms with Gasteiger partial charge in [0.25, 0.3) is 0 Å². The predicted molar refractivity (Wildman–Crippen MR) is 129 cm³/mol. The minimum absolute atomic E-state index is 0.0975. The van der Waals surface area contributed by atoms with Crippen LogP contribution in [-0.2, 0) is 17.2 Å². The van der Waals surface area contributed by atoms with Gasteiger partial charge in [0.05, 0.1) is 27.8 Å². The number of benzene rings is 1. The second-order valence-electron chi connectivity index (χ2n) is 10.2. The van der Waals surface area contributed by atoms with Crippen LogP contribution in [0.1, 0.15) is 49.1 Å². The van der Waals surface area contributed by atoms with Crippen molar-refractivity contribution in [2.45, 2.75) is 54.9 Å². The molecule has 6 rings (SSSR count). The van der Waals surface area contributed by atoms with Crippen LogP contribution in [0.4, 0.5) is 11.6 Å². The van der Waals surface area contributed by atoms with Crippen LogP contribution in [0.15, 0.2) is 35.2 Å². The lowest BCUT2D eigenvalue weighted by atomic mass is 9.77. The van der Waals surface area contributed by atoms with Crippen LogP contribution >= 0.6 is 11.6 Å². The Bertz CT molecular complexity index is 1040. The second kappa shape index (κ2) is 8.00. The molecule has 3 fully saturated rings. The predicted octanol–water partition coefficient (Wildman–Crippen LogP) is 4.36. The Kier molecular flexibility index (Phi) is 5.23. The maximum Gasteiger partial charge on any atom is 0.145 e. The zero-order valence-electron chi connectivity index (χ0n) is 18.2. The third kappa shape index (κ3) is 3.55. The van der Waals surface area contributed by atoms with E-state index in [1.165, 1.54) is 24.0 Å². The number of rotatable bonds is 5. The fraction of sp³-hybridized carbons (Fsp3) is 0.560. The van der Waals surface area contributed by atoms with E-state index in [1.807, 2.05) is 12.1 Å². The average molecular weight is 472 g/mol. The monoisotopic (exact) mass is 471 g/mol. The lowest BCUT2D eigenvalue weighted by Gasteiger charge is -2.41. The summed E-state index contributed by atoms with van der Waals surface area (Å²) in [5.41, 5.74) is 2.29. The molecule has 0 spiro atoms. The molecule has 2 aliphatic heterocycles. The number of hydrogen-bond donors (Lipinski definition) is 2. The minimum atomic E-state index is -1.00. The Balaban J connectivity index is 1.22. The Morgan fingerprint density at radius 3 is 2.53 bits per heavy atom. The molecule has 0 radical (unpaired) electrons. The number of halogens is 1. The molecular formula is C25H30ClN3O2S. The number of hydrogen-bond acceptors (Lipinski definition) is 5. The number of aryl methyl sites for hydroxylation is 1. The average Bonchev–Trinajstić information content (AvgIpc) is 3.44. The summed E-state index contributed by atoms with van der Waals surface area (Å²) in [5, 5.41) is 14.3. The summed E-state index contributed by atoms with van der Waals surface area (Å²) in [7, 11) is -1.00. The van der Waals surface area contributed by atoms with Crippen LogP contribution in [0.25, 0.3) is 0 Å². The fourth-order valence-electron chi connectivity index (χ4n) is 6.23. The number of aliphatic hydroxyl groups excluding tert-OH is 1. The minimum Gasteiger partial charge on any atom is -0.394 e. The van der Waals surface area contributed by atoms with E-state index >= 15 is 0 Å². The highest BCUT2D eigenvalue weighted by molar-refractivity contribution is 7.85. The molecule has 1 aromatic carbocycles. The number of pyridine rings is 1. The van der Waals surface area contributed by atoms with Crippen molar-refractivity contribution in [1.82, 2.24) is 4.98 Å². The summed E-state index contributed by atoms with van der Waals surface area (Å²) >= 11 is 6.07. The summed E-state index contributed by atoms with van der Waals surface area (Å²) in [6, 6.07) is 10.6. The van der Waals surface area contributed by atoms with Gasteiger partial charge < -0.3 is 15.3 Å². The zero-order valence-corrected chi connectivity index (χ0v) is 19.8. The third-order valence-electron chi connectivity index (χ3n) is 8.23. The molecule has 1 aromatic heterocycles. The summed E-state index contributed by atoms with van der Waals surface area (Å²) in [6.07, 6.45) is 6.28. The standard InChI is InChI=1S/C25H30ClN3O2S/c26-21-4-2-16(3-5-21)18-10-19-13-29(14-20(19)11-18)22-12-17-6-9-32(31)23(17)24(27-22)28-25(15-30)7-1-8-25/h2-5,12,18-20,30H,1,6-11,13-15H2,(H,27,28)/t18?,19?,20?,32-/m1/s1. The Labute approximate surface area is 197 Å². The van der Waals surface area contributed by atoms with E-state index in [0.717, 1.165) is 60.3 Å². The van der Waals surface area contributed by atoms with Crippen molar-refractivity contribution in [3.8, 4) is 0 Å². The van der Waals surface area contributed by atoms with E-state index in [9.17, 15) is 9.32 Å². The Morgan fingerprint density at radius 2 is 1.91 bits per heavy atom. The van der Waals surface area contributed by atoms with E-state index in [1.54, 1.807) is 0 Å². The molecule has 0 amide bonds. The molecular weight excluding hydrogens is 442 g/mol. The van der Waals surface area contributed by atoms with Crippen LogP contribution in [0.2, 0.25) is 5.02 Å². The molecule has 32 heavy (non-hydrogen) atoms. The third-order valence-corrected chi connectivity index (χ3v) is 9.97. The maximum absolute atomic E-state index is 12.7. The highest BCUT2D eigenvalue weighted by atomic mass is 35.5. The Hall–Kier alpha value is -1.63. The first-order chi connectivity index (χ1) is 15.5. The number of nitrogens with one attached hydrogen (secondary N) is 1. The molecule has 2 N–H and O–H groups in total. The van der Waals surface area contributed by atoms with Gasteiger partial charge in [-0.05, 0) is 85.6 Å². The number of nitrogens with zero attached hydrogens (tertiary/aromatic N) is 2. The summed E-state index contributed by atoms with van der Waals surface area (Å²) in [4.78, 5) is 8.31. The lowest BCUT2D eigenvalue weighted by Crippen LogP contribution is -2.48. The normalized spacial score (nSPS) is 30.1. The van der Waals surface area contributed by atoms with Gasteiger partial charge in [-0.25, -0.2) is 4.98 Å². The van der Waals surface area contributed by atoms with E-state index in [0.29, 0.717) is 23.5 Å². The van der Waals surface area contributed by atoms with Crippen molar-refractivity contribution >= 4 is 34.0 Å². The van der Waals surface area contributed by atoms with Crippen LogP contribution in [0.5, 0.6) is 0 Å². The molecule has 1 saturated heterocycles. The highest BCUT2D eigenvalue weighted by Crippen LogP contribution is 2.48. The molecule has 4 aliphatic rings. The zero-order chi connectivity index (χ0) is 21.9. The van der Waals surface area contributed by atoms with Gasteiger partial charge in [-0.2, -0.15) is 0 Å². The quantitative estimate of drug-likeness (QED) is 0.678. The van der Waals surface area contributed by atoms with Gasteiger partial charge in [0.1, 0.15) is 11.6 Å². The summed E-state index contributed by atoms with van der Waals surface area (Å²) in [6.45, 7) is 2.17. The van der Waals surface area contributed by atoms with Gasteiger partial charge in [0, 0.05) is 23.9 Å². The van der Waals surface area contributed by atoms with Gasteiger partial charge in [0.2, 0.25) is 0 Å². The first-order valence-electron chi connectivity index (χ1n) is 11.9. The molecule has 2 aromatic rings. The molecule has 3 atom stereocenters. The van der Waals surface area contributed by atoms with Crippen LogP contribution in [0, 0.1) is 11.8 Å². The smallest absolute Gasteiger partial charge is 0.145 e. The van der Waals surface area contributed by atoms with Gasteiger partial charge in [-0.1, -0.05) is 23.7 Å². The molecule has 5 nitrogen and oxygen atoms in total. The molecule has 170 valence electrons. The number of anilines is 2. The topological polar surface area (TPSA) is 65.5 Å². The summed E-state index contributed by atoms with van der Waals surface area (Å²) < 4.78 is 12.7. The van der Waals surface area contributed by atoms with Crippen molar-refractivity contribution in [3.05, 3.63) is 46.5 Å². The van der Waals surface area contributed by atoms with Crippen molar-refractivity contribution in [1.29, 1.82) is 0 Å².